The number of alkyl halides is 3. The minimum absolute atomic E-state index is 0.0925. The highest BCUT2D eigenvalue weighted by molar-refractivity contribution is 5.42. The first-order valence-electron chi connectivity index (χ1n) is 6.23. The monoisotopic (exact) mass is 285 g/mol. The van der Waals surface area contributed by atoms with Crippen LogP contribution in [0.4, 0.5) is 19.0 Å². The largest absolute Gasteiger partial charge is 0.410 e. The van der Waals surface area contributed by atoms with Crippen LogP contribution in [0.5, 0.6) is 0 Å². The SMILES string of the molecule is Cc1c([C@@H]2C[C@@H](C(F)(F)F)n3nccc3N2)cnn1C. The number of aryl methyl sites for hydroxylation is 1. The molecule has 0 spiro atoms. The molecule has 0 unspecified atom stereocenters. The van der Waals surface area contributed by atoms with Crippen LogP contribution >= 0.6 is 0 Å². The molecule has 5 nitrogen and oxygen atoms in total. The normalized spacial score (nSPS) is 22.4. The predicted molar refractivity (Wildman–Crippen MR) is 66.2 cm³/mol. The van der Waals surface area contributed by atoms with Crippen molar-refractivity contribution >= 4 is 5.82 Å². The second kappa shape index (κ2) is 4.26. The van der Waals surface area contributed by atoms with Crippen molar-refractivity contribution in [2.45, 2.75) is 31.6 Å². The summed E-state index contributed by atoms with van der Waals surface area (Å²) in [6.07, 6.45) is -1.42. The fourth-order valence-corrected chi connectivity index (χ4v) is 2.57. The van der Waals surface area contributed by atoms with Crippen LogP contribution in [0, 0.1) is 6.92 Å². The Morgan fingerprint density at radius 3 is 2.70 bits per heavy atom. The summed E-state index contributed by atoms with van der Waals surface area (Å²) in [5.74, 6) is 0.381. The summed E-state index contributed by atoms with van der Waals surface area (Å²) >= 11 is 0. The van der Waals surface area contributed by atoms with Gasteiger partial charge in [0.05, 0.1) is 18.4 Å². The van der Waals surface area contributed by atoms with Gasteiger partial charge in [0.2, 0.25) is 0 Å². The van der Waals surface area contributed by atoms with Crippen molar-refractivity contribution in [1.82, 2.24) is 19.6 Å². The summed E-state index contributed by atoms with van der Waals surface area (Å²) in [7, 11) is 1.77. The molecule has 108 valence electrons. The highest BCUT2D eigenvalue weighted by atomic mass is 19.4. The minimum Gasteiger partial charge on any atom is -0.363 e. The van der Waals surface area contributed by atoms with Gasteiger partial charge in [-0.05, 0) is 6.92 Å². The van der Waals surface area contributed by atoms with Gasteiger partial charge in [-0.15, -0.1) is 0 Å². The smallest absolute Gasteiger partial charge is 0.363 e. The summed E-state index contributed by atoms with van der Waals surface area (Å²) < 4.78 is 42.2. The van der Waals surface area contributed by atoms with E-state index in [9.17, 15) is 13.2 Å². The number of hydrogen-bond donors (Lipinski definition) is 1. The number of anilines is 1. The van der Waals surface area contributed by atoms with Crippen molar-refractivity contribution in [3.8, 4) is 0 Å². The maximum atomic E-state index is 13.2. The zero-order chi connectivity index (χ0) is 14.5. The van der Waals surface area contributed by atoms with E-state index in [1.54, 1.807) is 24.0 Å². The summed E-state index contributed by atoms with van der Waals surface area (Å²) in [5.41, 5.74) is 1.64. The van der Waals surface area contributed by atoms with Gasteiger partial charge in [-0.3, -0.25) is 4.68 Å². The van der Waals surface area contributed by atoms with Crippen LogP contribution in [0.2, 0.25) is 0 Å². The van der Waals surface area contributed by atoms with Crippen LogP contribution < -0.4 is 5.32 Å². The molecule has 20 heavy (non-hydrogen) atoms. The van der Waals surface area contributed by atoms with E-state index in [2.05, 4.69) is 15.5 Å². The van der Waals surface area contributed by atoms with E-state index in [1.165, 1.54) is 6.20 Å². The lowest BCUT2D eigenvalue weighted by Crippen LogP contribution is -2.35. The quantitative estimate of drug-likeness (QED) is 0.876. The highest BCUT2D eigenvalue weighted by Crippen LogP contribution is 2.43. The molecule has 0 aromatic carbocycles. The lowest BCUT2D eigenvalue weighted by Gasteiger charge is -2.33. The molecule has 0 fully saturated rings. The molecule has 2 atom stereocenters. The molecule has 0 amide bonds. The predicted octanol–water partition coefficient (Wildman–Crippen LogP) is 2.59. The Bertz CT molecular complexity index is 627. The number of nitrogens with zero attached hydrogens (tertiary/aromatic N) is 4. The number of aromatic nitrogens is 4. The molecule has 0 bridgehead atoms. The van der Waals surface area contributed by atoms with Crippen molar-refractivity contribution in [3.63, 3.8) is 0 Å². The second-order valence-corrected chi connectivity index (χ2v) is 4.96. The van der Waals surface area contributed by atoms with Gasteiger partial charge in [-0.1, -0.05) is 0 Å². The molecule has 8 heteroatoms. The summed E-state index contributed by atoms with van der Waals surface area (Å²) in [5, 5.41) is 11.0. The summed E-state index contributed by atoms with van der Waals surface area (Å²) in [6, 6.07) is -0.478. The Kier molecular flexibility index (Phi) is 2.77. The molecule has 3 rings (SSSR count). The number of rotatable bonds is 1. The molecule has 3 heterocycles. The molecule has 1 aliphatic heterocycles. The molecule has 0 saturated carbocycles. The van der Waals surface area contributed by atoms with E-state index in [-0.39, 0.29) is 6.42 Å². The van der Waals surface area contributed by atoms with Crippen LogP contribution in [-0.4, -0.2) is 25.7 Å². The number of hydrogen-bond acceptors (Lipinski definition) is 3. The van der Waals surface area contributed by atoms with E-state index in [0.717, 1.165) is 15.9 Å². The molecule has 0 saturated heterocycles. The van der Waals surface area contributed by atoms with E-state index in [4.69, 9.17) is 0 Å². The summed E-state index contributed by atoms with van der Waals surface area (Å²) in [6.45, 7) is 1.85. The Labute approximate surface area is 113 Å². The van der Waals surface area contributed by atoms with Crippen LogP contribution in [0.1, 0.15) is 29.8 Å². The van der Waals surface area contributed by atoms with Crippen LogP contribution in [0.15, 0.2) is 18.5 Å². The lowest BCUT2D eigenvalue weighted by molar-refractivity contribution is -0.173. The first kappa shape index (κ1) is 13.0. The zero-order valence-electron chi connectivity index (χ0n) is 11.0. The van der Waals surface area contributed by atoms with Gasteiger partial charge >= 0.3 is 6.18 Å². The number of nitrogens with one attached hydrogen (secondary N) is 1. The molecule has 0 radical (unpaired) electrons. The van der Waals surface area contributed by atoms with E-state index in [0.29, 0.717) is 5.82 Å². The van der Waals surface area contributed by atoms with E-state index < -0.39 is 18.3 Å². The van der Waals surface area contributed by atoms with Gasteiger partial charge in [0.15, 0.2) is 6.04 Å². The van der Waals surface area contributed by atoms with Crippen molar-refractivity contribution in [2.75, 3.05) is 5.32 Å². The second-order valence-electron chi connectivity index (χ2n) is 4.96. The maximum Gasteiger partial charge on any atom is 0.410 e. The number of fused-ring (bicyclic) bond motifs is 1. The van der Waals surface area contributed by atoms with Crippen LogP contribution in [-0.2, 0) is 7.05 Å². The average Bonchev–Trinajstić information content (AvgIpc) is 2.95. The summed E-state index contributed by atoms with van der Waals surface area (Å²) in [4.78, 5) is 0. The van der Waals surface area contributed by atoms with Gasteiger partial charge in [-0.25, -0.2) is 4.68 Å². The van der Waals surface area contributed by atoms with Gasteiger partial charge < -0.3 is 5.32 Å². The third-order valence-electron chi connectivity index (χ3n) is 3.77. The average molecular weight is 285 g/mol. The molecule has 1 N–H and O–H groups in total. The Hall–Kier alpha value is -1.99. The Morgan fingerprint density at radius 1 is 1.35 bits per heavy atom. The molecular weight excluding hydrogens is 271 g/mol. The van der Waals surface area contributed by atoms with Crippen molar-refractivity contribution in [2.24, 2.45) is 7.05 Å². The standard InChI is InChI=1S/C12H14F3N5/c1-7-8(6-17-19(7)2)9-5-10(12(13,14)15)20-11(18-9)3-4-16-20/h3-4,6,9-10,18H,5H2,1-2H3/t9-,10-/m0/s1. The first-order chi connectivity index (χ1) is 9.38. The van der Waals surface area contributed by atoms with Gasteiger partial charge in [0.25, 0.3) is 0 Å². The maximum absolute atomic E-state index is 13.2. The molecule has 0 aliphatic carbocycles. The van der Waals surface area contributed by atoms with Gasteiger partial charge in [0.1, 0.15) is 5.82 Å². The Balaban J connectivity index is 2.00. The van der Waals surface area contributed by atoms with Crippen molar-refractivity contribution in [3.05, 3.63) is 29.7 Å². The molecule has 1 aliphatic rings. The molecular formula is C12H14F3N5. The fraction of sp³-hybridized carbons (Fsp3) is 0.500. The third-order valence-corrected chi connectivity index (χ3v) is 3.77. The minimum atomic E-state index is -4.32. The number of halogens is 3. The molecule has 2 aromatic rings. The van der Waals surface area contributed by atoms with E-state index in [1.807, 2.05) is 6.92 Å². The van der Waals surface area contributed by atoms with Crippen LogP contribution in [0.3, 0.4) is 0 Å². The third kappa shape index (κ3) is 1.95. The lowest BCUT2D eigenvalue weighted by atomic mass is 9.97. The van der Waals surface area contributed by atoms with Gasteiger partial charge in [0, 0.05) is 30.8 Å². The van der Waals surface area contributed by atoms with Crippen molar-refractivity contribution in [1.29, 1.82) is 0 Å². The fourth-order valence-electron chi connectivity index (χ4n) is 2.57. The highest BCUT2D eigenvalue weighted by Gasteiger charge is 2.46. The topological polar surface area (TPSA) is 47.7 Å². The van der Waals surface area contributed by atoms with Crippen LogP contribution in [0.25, 0.3) is 0 Å². The molecule has 2 aromatic heterocycles. The Morgan fingerprint density at radius 2 is 2.10 bits per heavy atom. The first-order valence-corrected chi connectivity index (χ1v) is 6.23. The van der Waals surface area contributed by atoms with Gasteiger partial charge in [-0.2, -0.15) is 23.4 Å². The zero-order valence-corrected chi connectivity index (χ0v) is 11.0. The van der Waals surface area contributed by atoms with Crippen molar-refractivity contribution < 1.29 is 13.2 Å². The van der Waals surface area contributed by atoms with E-state index >= 15 is 0 Å².